The Labute approximate surface area is 235 Å². The van der Waals surface area contributed by atoms with Crippen LogP contribution in [-0.4, -0.2) is 56.1 Å². The highest BCUT2D eigenvalue weighted by Gasteiger charge is 2.44. The fourth-order valence-electron chi connectivity index (χ4n) is 6.30. The van der Waals surface area contributed by atoms with Crippen molar-refractivity contribution >= 4 is 23.3 Å². The van der Waals surface area contributed by atoms with Gasteiger partial charge < -0.3 is 14.9 Å². The van der Waals surface area contributed by atoms with Gasteiger partial charge in [0.2, 0.25) is 0 Å². The molecule has 1 saturated carbocycles. The molecule has 2 fully saturated rings. The highest BCUT2D eigenvalue weighted by atomic mass is 19.1. The van der Waals surface area contributed by atoms with Crippen molar-refractivity contribution in [1.29, 1.82) is 0 Å². The summed E-state index contributed by atoms with van der Waals surface area (Å²) in [6.07, 6.45) is -0.787. The SMILES string of the molecule is CC1CN(c2cc(C(=O)N3CC(F)c4ccccc4[C@H]3C)nc3cc(-c4ccc([C@H]5C[C@@H]5C(=O)O)cc4F)nn23)C1. The summed E-state index contributed by atoms with van der Waals surface area (Å²) in [4.78, 5) is 33.3. The van der Waals surface area contributed by atoms with E-state index in [-0.39, 0.29) is 35.7 Å². The molecule has 4 heterocycles. The topological polar surface area (TPSA) is 91.0 Å². The van der Waals surface area contributed by atoms with Crippen molar-refractivity contribution < 1.29 is 23.5 Å². The van der Waals surface area contributed by atoms with E-state index in [1.165, 1.54) is 11.0 Å². The molecular formula is C31H29F2N5O3. The van der Waals surface area contributed by atoms with Gasteiger partial charge in [0.05, 0.1) is 24.2 Å². The molecule has 2 aromatic heterocycles. The van der Waals surface area contributed by atoms with Crippen molar-refractivity contribution in [2.75, 3.05) is 24.5 Å². The minimum atomic E-state index is -1.29. The third-order valence-corrected chi connectivity index (χ3v) is 8.69. The number of nitrogens with zero attached hydrogens (tertiary/aromatic N) is 5. The average molecular weight is 558 g/mol. The number of anilines is 1. The molecule has 1 N–H and O–H groups in total. The molecule has 10 heteroatoms. The number of carbonyl (C=O) groups excluding carboxylic acids is 1. The summed E-state index contributed by atoms with van der Waals surface area (Å²) in [5, 5.41) is 13.9. The molecule has 1 saturated heterocycles. The van der Waals surface area contributed by atoms with Crippen molar-refractivity contribution in [3.05, 3.63) is 82.8 Å². The summed E-state index contributed by atoms with van der Waals surface area (Å²) in [6.45, 7) is 5.51. The van der Waals surface area contributed by atoms with E-state index in [1.54, 1.807) is 40.9 Å². The van der Waals surface area contributed by atoms with Gasteiger partial charge in [-0.25, -0.2) is 13.8 Å². The summed E-state index contributed by atoms with van der Waals surface area (Å²) in [7, 11) is 0. The number of carboxylic acid groups (broad SMARTS) is 1. The molecule has 2 aromatic carbocycles. The van der Waals surface area contributed by atoms with Crippen LogP contribution in [-0.2, 0) is 4.79 Å². The van der Waals surface area contributed by atoms with E-state index < -0.39 is 23.9 Å². The van der Waals surface area contributed by atoms with Crippen LogP contribution in [0.15, 0.2) is 54.6 Å². The lowest BCUT2D eigenvalue weighted by Crippen LogP contribution is -2.46. The normalized spacial score (nSPS) is 23.8. The standard InChI is InChI=1S/C31H29F2N5O3/c1-16-13-36(14-16)29-12-27(30(39)37-15-25(33)20-6-4-3-5-19(20)17(37)2)34-28-11-26(35-38(28)29)21-8-7-18(9-24(21)32)22-10-23(22)31(40)41/h3-9,11-12,16-17,22-23,25H,10,13-15H2,1-2H3,(H,40,41)/t17-,22-,23+,25?/m1/s1. The lowest BCUT2D eigenvalue weighted by molar-refractivity contribution is -0.138. The second-order valence-electron chi connectivity index (χ2n) is 11.6. The van der Waals surface area contributed by atoms with Crippen LogP contribution in [0.5, 0.6) is 0 Å². The summed E-state index contributed by atoms with van der Waals surface area (Å²) in [6, 6.07) is 15.0. The Morgan fingerprint density at radius 3 is 2.44 bits per heavy atom. The molecule has 1 aliphatic carbocycles. The van der Waals surface area contributed by atoms with E-state index in [2.05, 4.69) is 21.9 Å². The predicted octanol–water partition coefficient (Wildman–Crippen LogP) is 5.41. The molecule has 1 amide bonds. The Kier molecular flexibility index (Phi) is 5.85. The smallest absolute Gasteiger partial charge is 0.307 e. The van der Waals surface area contributed by atoms with Crippen LogP contribution >= 0.6 is 0 Å². The van der Waals surface area contributed by atoms with Crippen LogP contribution in [0, 0.1) is 17.7 Å². The summed E-state index contributed by atoms with van der Waals surface area (Å²) in [5.74, 6) is -1.24. The molecule has 0 spiro atoms. The highest BCUT2D eigenvalue weighted by Crippen LogP contribution is 2.48. The number of hydrogen-bond acceptors (Lipinski definition) is 5. The molecular weight excluding hydrogens is 528 g/mol. The van der Waals surface area contributed by atoms with Gasteiger partial charge in [-0.2, -0.15) is 9.61 Å². The fourth-order valence-corrected chi connectivity index (χ4v) is 6.30. The Hall–Kier alpha value is -4.34. The maximum Gasteiger partial charge on any atom is 0.307 e. The van der Waals surface area contributed by atoms with Crippen LogP contribution in [0.4, 0.5) is 14.6 Å². The maximum atomic E-state index is 15.3. The Balaban J connectivity index is 1.26. The van der Waals surface area contributed by atoms with Gasteiger partial charge in [0.15, 0.2) is 5.65 Å². The number of amides is 1. The van der Waals surface area contributed by atoms with Gasteiger partial charge >= 0.3 is 5.97 Å². The molecule has 210 valence electrons. The number of aliphatic carboxylic acids is 1. The zero-order valence-electron chi connectivity index (χ0n) is 22.7. The first-order chi connectivity index (χ1) is 19.7. The summed E-state index contributed by atoms with van der Waals surface area (Å²) < 4.78 is 32.0. The zero-order valence-corrected chi connectivity index (χ0v) is 22.7. The molecule has 41 heavy (non-hydrogen) atoms. The minimum Gasteiger partial charge on any atom is -0.481 e. The number of rotatable bonds is 5. The van der Waals surface area contributed by atoms with E-state index in [0.717, 1.165) is 18.7 Å². The lowest BCUT2D eigenvalue weighted by Gasteiger charge is -2.39. The first kappa shape index (κ1) is 25.6. The summed E-state index contributed by atoms with van der Waals surface area (Å²) >= 11 is 0. The van der Waals surface area contributed by atoms with Gasteiger partial charge in [0.1, 0.15) is 23.5 Å². The molecule has 3 aliphatic rings. The second-order valence-corrected chi connectivity index (χ2v) is 11.6. The van der Waals surface area contributed by atoms with Crippen LogP contribution in [0.25, 0.3) is 16.9 Å². The molecule has 7 rings (SSSR count). The number of halogens is 2. The van der Waals surface area contributed by atoms with Crippen molar-refractivity contribution in [3.63, 3.8) is 0 Å². The Morgan fingerprint density at radius 1 is 1.00 bits per heavy atom. The molecule has 1 unspecified atom stereocenters. The molecule has 0 bridgehead atoms. The van der Waals surface area contributed by atoms with Crippen LogP contribution in [0.1, 0.15) is 65.6 Å². The van der Waals surface area contributed by atoms with Gasteiger partial charge in [0, 0.05) is 30.8 Å². The lowest BCUT2D eigenvalue weighted by atomic mass is 9.92. The number of carboxylic acids is 1. The predicted molar refractivity (Wildman–Crippen MR) is 148 cm³/mol. The number of fused-ring (bicyclic) bond motifs is 2. The minimum absolute atomic E-state index is 0.0637. The van der Waals surface area contributed by atoms with Gasteiger partial charge in [-0.1, -0.05) is 37.3 Å². The number of hydrogen-bond donors (Lipinski definition) is 1. The Bertz CT molecular complexity index is 1720. The Morgan fingerprint density at radius 2 is 1.76 bits per heavy atom. The second kappa shape index (κ2) is 9.36. The van der Waals surface area contributed by atoms with E-state index in [4.69, 9.17) is 0 Å². The van der Waals surface area contributed by atoms with E-state index in [0.29, 0.717) is 40.6 Å². The first-order valence-corrected chi connectivity index (χ1v) is 13.9. The summed E-state index contributed by atoms with van der Waals surface area (Å²) in [5.41, 5.74) is 3.24. The monoisotopic (exact) mass is 557 g/mol. The van der Waals surface area contributed by atoms with Gasteiger partial charge in [0.25, 0.3) is 5.91 Å². The van der Waals surface area contributed by atoms with Crippen LogP contribution in [0.2, 0.25) is 0 Å². The molecule has 4 atom stereocenters. The third-order valence-electron chi connectivity index (χ3n) is 8.69. The third kappa shape index (κ3) is 4.24. The van der Waals surface area contributed by atoms with Gasteiger partial charge in [-0.15, -0.1) is 0 Å². The number of benzene rings is 2. The van der Waals surface area contributed by atoms with Gasteiger partial charge in [-0.05, 0) is 54.0 Å². The number of alkyl halides is 1. The van der Waals surface area contributed by atoms with Crippen LogP contribution in [0.3, 0.4) is 0 Å². The molecule has 8 nitrogen and oxygen atoms in total. The van der Waals surface area contributed by atoms with Crippen molar-refractivity contribution in [2.45, 2.75) is 38.4 Å². The average Bonchev–Trinajstić information content (AvgIpc) is 3.64. The number of carbonyl (C=O) groups is 2. The number of aromatic nitrogens is 3. The maximum absolute atomic E-state index is 15.3. The van der Waals surface area contributed by atoms with E-state index in [9.17, 15) is 14.7 Å². The highest BCUT2D eigenvalue weighted by molar-refractivity contribution is 5.94. The van der Waals surface area contributed by atoms with Crippen LogP contribution < -0.4 is 4.90 Å². The zero-order chi connectivity index (χ0) is 28.6. The van der Waals surface area contributed by atoms with Crippen molar-refractivity contribution in [3.8, 4) is 11.3 Å². The largest absolute Gasteiger partial charge is 0.481 e. The van der Waals surface area contributed by atoms with E-state index >= 15 is 8.78 Å². The quantitative estimate of drug-likeness (QED) is 0.353. The van der Waals surface area contributed by atoms with E-state index in [1.807, 2.05) is 19.1 Å². The van der Waals surface area contributed by atoms with Crippen molar-refractivity contribution in [1.82, 2.24) is 19.5 Å². The molecule has 0 radical (unpaired) electrons. The fraction of sp³-hybridized carbons (Fsp3) is 0.355. The molecule has 4 aromatic rings. The van der Waals surface area contributed by atoms with Crippen molar-refractivity contribution in [2.24, 2.45) is 11.8 Å². The molecule has 2 aliphatic heterocycles. The van der Waals surface area contributed by atoms with Gasteiger partial charge in [-0.3, -0.25) is 9.59 Å². The first-order valence-electron chi connectivity index (χ1n) is 13.9.